The van der Waals surface area contributed by atoms with Gasteiger partial charge in [-0.1, -0.05) is 66.2 Å². The number of pyridine rings is 1. The molecule has 1 atom stereocenters. The predicted molar refractivity (Wildman–Crippen MR) is 133 cm³/mol. The Balaban J connectivity index is 1.51. The Bertz CT molecular complexity index is 1340. The van der Waals surface area contributed by atoms with Gasteiger partial charge < -0.3 is 10.2 Å². The van der Waals surface area contributed by atoms with E-state index in [0.717, 1.165) is 27.7 Å². The van der Waals surface area contributed by atoms with Crippen LogP contribution in [0, 0.1) is 0 Å². The summed E-state index contributed by atoms with van der Waals surface area (Å²) in [6.07, 6.45) is 4.74. The maximum absolute atomic E-state index is 11.5. The molecule has 1 heterocycles. The number of aliphatic hydroxyl groups is 1. The second-order valence-electron chi connectivity index (χ2n) is 8.27. The molecule has 0 saturated heterocycles. The Morgan fingerprint density at radius 2 is 1.79 bits per heavy atom. The zero-order valence-corrected chi connectivity index (χ0v) is 19.0. The van der Waals surface area contributed by atoms with E-state index < -0.39 is 11.6 Å². The lowest BCUT2D eigenvalue weighted by Crippen LogP contribution is -2.22. The number of carbonyl (C=O) groups is 1. The molecule has 5 heteroatoms. The predicted octanol–water partition coefficient (Wildman–Crippen LogP) is 6.60. The molecule has 4 rings (SSSR count). The van der Waals surface area contributed by atoms with Crippen molar-refractivity contribution < 1.29 is 15.0 Å². The maximum atomic E-state index is 11.5. The molecule has 4 nitrogen and oxygen atoms in total. The number of hydrogen-bond acceptors (Lipinski definition) is 3. The van der Waals surface area contributed by atoms with Crippen molar-refractivity contribution in [3.63, 3.8) is 0 Å². The van der Waals surface area contributed by atoms with Crippen molar-refractivity contribution in [1.29, 1.82) is 0 Å². The monoisotopic (exact) mass is 457 g/mol. The van der Waals surface area contributed by atoms with Crippen molar-refractivity contribution in [3.8, 4) is 0 Å². The first-order valence-corrected chi connectivity index (χ1v) is 11.1. The Hall–Kier alpha value is -3.47. The second kappa shape index (κ2) is 9.57. The topological polar surface area (TPSA) is 70.4 Å². The van der Waals surface area contributed by atoms with Crippen LogP contribution in [0.25, 0.3) is 23.1 Å². The van der Waals surface area contributed by atoms with Gasteiger partial charge in [-0.05, 0) is 72.9 Å². The molecule has 3 aromatic carbocycles. The van der Waals surface area contributed by atoms with Crippen molar-refractivity contribution in [1.82, 2.24) is 4.98 Å². The van der Waals surface area contributed by atoms with Crippen molar-refractivity contribution in [2.45, 2.75) is 25.4 Å². The minimum Gasteiger partial charge on any atom is -0.478 e. The third kappa shape index (κ3) is 5.48. The number of carboxylic acids is 1. The molecule has 0 radical (unpaired) electrons. The SMILES string of the molecule is C[C@](O)(CCc1ccccc1C(=O)O)c1cccc(C=Cc2ccc3ccc(Cl)cc3n2)c1. The molecule has 0 aliphatic rings. The summed E-state index contributed by atoms with van der Waals surface area (Å²) in [6, 6.07) is 24.2. The summed E-state index contributed by atoms with van der Waals surface area (Å²) < 4.78 is 0. The smallest absolute Gasteiger partial charge is 0.335 e. The number of hydrogen-bond donors (Lipinski definition) is 2. The van der Waals surface area contributed by atoms with E-state index >= 15 is 0 Å². The van der Waals surface area contributed by atoms with E-state index in [1.165, 1.54) is 0 Å². The lowest BCUT2D eigenvalue weighted by Gasteiger charge is -2.24. The number of nitrogens with zero attached hydrogens (tertiary/aromatic N) is 1. The van der Waals surface area contributed by atoms with E-state index in [1.54, 1.807) is 25.1 Å². The third-order valence-electron chi connectivity index (χ3n) is 5.76. The summed E-state index contributed by atoms with van der Waals surface area (Å²) in [7, 11) is 0. The van der Waals surface area contributed by atoms with E-state index in [1.807, 2.05) is 72.8 Å². The lowest BCUT2D eigenvalue weighted by atomic mass is 9.87. The quantitative estimate of drug-likeness (QED) is 0.328. The van der Waals surface area contributed by atoms with Gasteiger partial charge in [0.15, 0.2) is 0 Å². The van der Waals surface area contributed by atoms with Crippen LogP contribution in [-0.2, 0) is 12.0 Å². The summed E-state index contributed by atoms with van der Waals surface area (Å²) in [5.74, 6) is -0.957. The highest BCUT2D eigenvalue weighted by atomic mass is 35.5. The third-order valence-corrected chi connectivity index (χ3v) is 5.99. The van der Waals surface area contributed by atoms with Gasteiger partial charge in [-0.2, -0.15) is 0 Å². The number of aryl methyl sites for hydroxylation is 1. The molecule has 0 spiro atoms. The molecule has 4 aromatic rings. The fourth-order valence-electron chi connectivity index (χ4n) is 3.83. The Morgan fingerprint density at radius 1 is 1.00 bits per heavy atom. The zero-order chi connectivity index (χ0) is 23.4. The van der Waals surface area contributed by atoms with E-state index in [2.05, 4.69) is 4.98 Å². The van der Waals surface area contributed by atoms with Crippen LogP contribution in [0.5, 0.6) is 0 Å². The van der Waals surface area contributed by atoms with Crippen LogP contribution < -0.4 is 0 Å². The van der Waals surface area contributed by atoms with E-state index in [0.29, 0.717) is 23.4 Å². The van der Waals surface area contributed by atoms with Gasteiger partial charge in [0, 0.05) is 10.4 Å². The molecule has 0 aliphatic carbocycles. The standard InChI is InChI=1S/C28H24ClNO3/c1-28(33,16-15-20-6-2-3-8-25(20)27(31)32)22-7-4-5-19(17-22)9-13-24-14-11-21-10-12-23(29)18-26(21)30-24/h2-14,17-18,33H,15-16H2,1H3,(H,31,32)/t28-/m0/s1. The first kappa shape index (κ1) is 22.7. The summed E-state index contributed by atoms with van der Waals surface area (Å²) in [6.45, 7) is 1.76. The molecule has 166 valence electrons. The van der Waals surface area contributed by atoms with Crippen molar-refractivity contribution >= 4 is 40.6 Å². The van der Waals surface area contributed by atoms with Crippen LogP contribution in [-0.4, -0.2) is 21.2 Å². The van der Waals surface area contributed by atoms with Crippen LogP contribution >= 0.6 is 11.6 Å². The fraction of sp³-hybridized carbons (Fsp3) is 0.143. The summed E-state index contributed by atoms with van der Waals surface area (Å²) in [4.78, 5) is 16.1. The normalized spacial score (nSPS) is 13.3. The number of benzene rings is 3. The Kier molecular flexibility index (Phi) is 6.59. The average Bonchev–Trinajstić information content (AvgIpc) is 2.81. The number of halogens is 1. The van der Waals surface area contributed by atoms with Crippen LogP contribution in [0.4, 0.5) is 0 Å². The molecule has 0 bridgehead atoms. The summed E-state index contributed by atoms with van der Waals surface area (Å²) in [5.41, 5.74) is 3.24. The van der Waals surface area contributed by atoms with Crippen LogP contribution in [0.3, 0.4) is 0 Å². The highest BCUT2D eigenvalue weighted by Crippen LogP contribution is 2.28. The van der Waals surface area contributed by atoms with Crippen LogP contribution in [0.15, 0.2) is 78.9 Å². The highest BCUT2D eigenvalue weighted by Gasteiger charge is 2.24. The van der Waals surface area contributed by atoms with Gasteiger partial charge in [0.25, 0.3) is 0 Å². The summed E-state index contributed by atoms with van der Waals surface area (Å²) >= 11 is 6.08. The molecule has 0 amide bonds. The van der Waals surface area contributed by atoms with E-state index in [-0.39, 0.29) is 5.56 Å². The number of aromatic carboxylic acids is 1. The van der Waals surface area contributed by atoms with Gasteiger partial charge in [0.1, 0.15) is 0 Å². The van der Waals surface area contributed by atoms with Crippen LogP contribution in [0.1, 0.15) is 46.1 Å². The number of aromatic nitrogens is 1. The molecule has 33 heavy (non-hydrogen) atoms. The zero-order valence-electron chi connectivity index (χ0n) is 18.2. The number of carboxylic acid groups (broad SMARTS) is 1. The van der Waals surface area contributed by atoms with Crippen molar-refractivity contribution in [3.05, 3.63) is 112 Å². The summed E-state index contributed by atoms with van der Waals surface area (Å²) in [5, 5.41) is 22.2. The van der Waals surface area contributed by atoms with Crippen molar-refractivity contribution in [2.75, 3.05) is 0 Å². The van der Waals surface area contributed by atoms with Gasteiger partial charge in [-0.3, -0.25) is 0 Å². The van der Waals surface area contributed by atoms with Gasteiger partial charge in [0.2, 0.25) is 0 Å². The molecule has 0 fully saturated rings. The lowest BCUT2D eigenvalue weighted by molar-refractivity contribution is 0.0476. The first-order chi connectivity index (χ1) is 15.8. The molecular formula is C28H24ClNO3. The highest BCUT2D eigenvalue weighted by molar-refractivity contribution is 6.31. The fourth-order valence-corrected chi connectivity index (χ4v) is 3.99. The first-order valence-electron chi connectivity index (χ1n) is 10.7. The Labute approximate surface area is 197 Å². The van der Waals surface area contributed by atoms with Gasteiger partial charge in [0.05, 0.1) is 22.4 Å². The minimum atomic E-state index is -1.10. The van der Waals surface area contributed by atoms with Gasteiger partial charge in [-0.25, -0.2) is 9.78 Å². The molecule has 1 aromatic heterocycles. The van der Waals surface area contributed by atoms with Gasteiger partial charge in [-0.15, -0.1) is 0 Å². The molecule has 0 aliphatic heterocycles. The van der Waals surface area contributed by atoms with Crippen molar-refractivity contribution in [2.24, 2.45) is 0 Å². The molecule has 0 unspecified atom stereocenters. The number of fused-ring (bicyclic) bond motifs is 1. The van der Waals surface area contributed by atoms with Crippen LogP contribution in [0.2, 0.25) is 5.02 Å². The second-order valence-corrected chi connectivity index (χ2v) is 8.70. The average molecular weight is 458 g/mol. The maximum Gasteiger partial charge on any atom is 0.335 e. The Morgan fingerprint density at radius 3 is 2.61 bits per heavy atom. The van der Waals surface area contributed by atoms with E-state index in [4.69, 9.17) is 11.6 Å². The molecule has 0 saturated carbocycles. The van der Waals surface area contributed by atoms with Gasteiger partial charge >= 0.3 is 5.97 Å². The number of rotatable bonds is 7. The van der Waals surface area contributed by atoms with E-state index in [9.17, 15) is 15.0 Å². The molecule has 2 N–H and O–H groups in total. The molecular weight excluding hydrogens is 434 g/mol. The minimum absolute atomic E-state index is 0.272. The largest absolute Gasteiger partial charge is 0.478 e.